The lowest BCUT2D eigenvalue weighted by Gasteiger charge is -2.16. The predicted molar refractivity (Wildman–Crippen MR) is 229 cm³/mol. The summed E-state index contributed by atoms with van der Waals surface area (Å²) in [7, 11) is 0. The number of primary amides is 2. The van der Waals surface area contributed by atoms with Crippen molar-refractivity contribution < 1.29 is 9.59 Å². The van der Waals surface area contributed by atoms with Gasteiger partial charge in [0.05, 0.1) is 0 Å². The van der Waals surface area contributed by atoms with E-state index in [1.807, 2.05) is 0 Å². The summed E-state index contributed by atoms with van der Waals surface area (Å²) < 4.78 is 0. The van der Waals surface area contributed by atoms with Crippen LogP contribution in [0.1, 0.15) is 263 Å². The number of carbonyl (C=O) groups is 2. The minimum atomic E-state index is -0.155. The summed E-state index contributed by atoms with van der Waals surface area (Å²) in [5, 5.41) is 3.74. The highest BCUT2D eigenvalue weighted by molar-refractivity contribution is 5.73. The monoisotopic (exact) mass is 735 g/mol. The average Bonchev–Trinajstić information content (AvgIpc) is 3.13. The van der Waals surface area contributed by atoms with E-state index in [0.717, 1.165) is 38.8 Å². The molecule has 1 unspecified atom stereocenters. The average molecular weight is 735 g/mol. The van der Waals surface area contributed by atoms with Crippen LogP contribution in [0.3, 0.4) is 0 Å². The van der Waals surface area contributed by atoms with Crippen molar-refractivity contribution in [3.05, 3.63) is 0 Å². The van der Waals surface area contributed by atoms with Gasteiger partial charge >= 0.3 is 0 Å². The number of hydrogen-bond acceptors (Lipinski definition) is 4. The Bertz CT molecular complexity index is 718. The minimum Gasteiger partial charge on any atom is -0.370 e. The first-order valence-corrected chi connectivity index (χ1v) is 23.6. The van der Waals surface area contributed by atoms with E-state index in [0.29, 0.717) is 18.9 Å². The smallest absolute Gasteiger partial charge is 0.217 e. The lowest BCUT2D eigenvalue weighted by Crippen LogP contribution is -2.36. The Labute approximate surface area is 325 Å². The van der Waals surface area contributed by atoms with E-state index < -0.39 is 0 Å². The first kappa shape index (κ1) is 50.9. The first-order valence-electron chi connectivity index (χ1n) is 23.6. The van der Waals surface area contributed by atoms with E-state index in [1.165, 1.54) is 225 Å². The lowest BCUT2D eigenvalue weighted by molar-refractivity contribution is -0.119. The van der Waals surface area contributed by atoms with Crippen molar-refractivity contribution in [2.75, 3.05) is 13.1 Å². The van der Waals surface area contributed by atoms with E-state index in [9.17, 15) is 9.59 Å². The molecule has 6 nitrogen and oxygen atoms in total. The molecule has 0 fully saturated rings. The molecule has 6 heteroatoms. The van der Waals surface area contributed by atoms with Gasteiger partial charge in [0.1, 0.15) is 0 Å². The van der Waals surface area contributed by atoms with E-state index >= 15 is 0 Å². The zero-order chi connectivity index (χ0) is 37.8. The standard InChI is InChI=1S/C46H94N4O2/c47-43-44(39-35-31-27-23-19-15-11-7-3-1-4-8-12-16-20-24-28-32-36-40-45(48)51)50-42-38-34-30-26-22-18-14-10-6-2-5-9-13-17-21-25-29-33-37-41-46(49)52/h44,50H,1-43,47H2,(H2,48,51)(H2,49,52). The summed E-state index contributed by atoms with van der Waals surface area (Å²) in [4.78, 5) is 21.5. The number of unbranched alkanes of at least 4 members (excludes halogenated alkanes) is 36. The Balaban J connectivity index is 3.24. The number of hydrogen-bond donors (Lipinski definition) is 4. The van der Waals surface area contributed by atoms with Gasteiger partial charge in [0, 0.05) is 25.4 Å². The molecule has 52 heavy (non-hydrogen) atoms. The summed E-state index contributed by atoms with van der Waals surface area (Å²) >= 11 is 0. The number of nitrogens with two attached hydrogens (primary N) is 3. The van der Waals surface area contributed by atoms with Gasteiger partial charge in [-0.05, 0) is 32.2 Å². The molecule has 310 valence electrons. The summed E-state index contributed by atoms with van der Waals surface area (Å²) in [6.45, 7) is 1.92. The predicted octanol–water partition coefficient (Wildman–Crippen LogP) is 12.9. The van der Waals surface area contributed by atoms with Gasteiger partial charge in [-0.3, -0.25) is 9.59 Å². The fourth-order valence-corrected chi connectivity index (χ4v) is 7.73. The van der Waals surface area contributed by atoms with Crippen molar-refractivity contribution in [2.45, 2.75) is 269 Å². The van der Waals surface area contributed by atoms with E-state index in [1.54, 1.807) is 0 Å². The second-order valence-electron chi connectivity index (χ2n) is 16.5. The van der Waals surface area contributed by atoms with Crippen LogP contribution in [0.15, 0.2) is 0 Å². The van der Waals surface area contributed by atoms with Crippen LogP contribution in [-0.4, -0.2) is 30.9 Å². The molecule has 2 amide bonds. The number of carbonyl (C=O) groups excluding carboxylic acids is 2. The van der Waals surface area contributed by atoms with Crippen LogP contribution in [0.5, 0.6) is 0 Å². The summed E-state index contributed by atoms with van der Waals surface area (Å²) in [6, 6.07) is 0.516. The van der Waals surface area contributed by atoms with Crippen LogP contribution in [-0.2, 0) is 9.59 Å². The normalized spacial score (nSPS) is 12.1. The summed E-state index contributed by atoms with van der Waals surface area (Å²) in [5.41, 5.74) is 16.4. The maximum atomic E-state index is 10.7. The van der Waals surface area contributed by atoms with Crippen molar-refractivity contribution in [1.82, 2.24) is 5.32 Å². The zero-order valence-electron chi connectivity index (χ0n) is 35.0. The van der Waals surface area contributed by atoms with Gasteiger partial charge in [-0.25, -0.2) is 0 Å². The van der Waals surface area contributed by atoms with Crippen LogP contribution >= 0.6 is 0 Å². The van der Waals surface area contributed by atoms with Crippen molar-refractivity contribution >= 4 is 11.8 Å². The number of amides is 2. The van der Waals surface area contributed by atoms with Gasteiger partial charge in [0.15, 0.2) is 0 Å². The van der Waals surface area contributed by atoms with E-state index in [2.05, 4.69) is 5.32 Å². The molecular formula is C46H94N4O2. The van der Waals surface area contributed by atoms with Crippen molar-refractivity contribution in [3.63, 3.8) is 0 Å². The third kappa shape index (κ3) is 45.0. The highest BCUT2D eigenvalue weighted by Crippen LogP contribution is 2.17. The number of rotatable bonds is 46. The maximum Gasteiger partial charge on any atom is 0.217 e. The van der Waals surface area contributed by atoms with Crippen LogP contribution in [0.2, 0.25) is 0 Å². The molecule has 0 saturated heterocycles. The maximum absolute atomic E-state index is 10.7. The van der Waals surface area contributed by atoms with Crippen molar-refractivity contribution in [2.24, 2.45) is 17.2 Å². The molecule has 0 rings (SSSR count). The highest BCUT2D eigenvalue weighted by Gasteiger charge is 2.05. The molecule has 0 aliphatic rings. The number of nitrogens with one attached hydrogen (secondary N) is 1. The molecule has 0 bridgehead atoms. The van der Waals surface area contributed by atoms with Crippen LogP contribution in [0, 0.1) is 0 Å². The van der Waals surface area contributed by atoms with Gasteiger partial charge in [0.2, 0.25) is 11.8 Å². The Kier molecular flexibility index (Phi) is 43.3. The van der Waals surface area contributed by atoms with Crippen molar-refractivity contribution in [3.8, 4) is 0 Å². The fourth-order valence-electron chi connectivity index (χ4n) is 7.73. The van der Waals surface area contributed by atoms with Gasteiger partial charge in [-0.1, -0.05) is 225 Å². The van der Waals surface area contributed by atoms with E-state index in [4.69, 9.17) is 17.2 Å². The van der Waals surface area contributed by atoms with Crippen LogP contribution in [0.25, 0.3) is 0 Å². The third-order valence-corrected chi connectivity index (χ3v) is 11.3. The molecule has 0 aliphatic carbocycles. The molecule has 0 aromatic rings. The molecular weight excluding hydrogens is 641 g/mol. The van der Waals surface area contributed by atoms with Gasteiger partial charge < -0.3 is 22.5 Å². The second-order valence-corrected chi connectivity index (χ2v) is 16.5. The van der Waals surface area contributed by atoms with Crippen LogP contribution < -0.4 is 22.5 Å². The topological polar surface area (TPSA) is 124 Å². The molecule has 0 aromatic carbocycles. The Morgan fingerprint density at radius 3 is 0.769 bits per heavy atom. The molecule has 0 saturated carbocycles. The third-order valence-electron chi connectivity index (χ3n) is 11.3. The second kappa shape index (κ2) is 44.3. The molecule has 7 N–H and O–H groups in total. The summed E-state index contributed by atoms with van der Waals surface area (Å²) in [6.07, 6.45) is 53.9. The largest absolute Gasteiger partial charge is 0.370 e. The van der Waals surface area contributed by atoms with Gasteiger partial charge in [-0.2, -0.15) is 0 Å². The molecule has 0 aromatic heterocycles. The first-order chi connectivity index (χ1) is 25.6. The fraction of sp³-hybridized carbons (Fsp3) is 0.957. The quantitative estimate of drug-likeness (QED) is 0.0465. The molecule has 0 heterocycles. The Morgan fingerprint density at radius 2 is 0.538 bits per heavy atom. The van der Waals surface area contributed by atoms with E-state index in [-0.39, 0.29) is 11.8 Å². The van der Waals surface area contributed by atoms with Crippen molar-refractivity contribution in [1.29, 1.82) is 0 Å². The highest BCUT2D eigenvalue weighted by atomic mass is 16.1. The lowest BCUT2D eigenvalue weighted by atomic mass is 10.0. The molecule has 0 spiro atoms. The summed E-state index contributed by atoms with van der Waals surface area (Å²) in [5.74, 6) is -0.309. The Morgan fingerprint density at radius 1 is 0.327 bits per heavy atom. The minimum absolute atomic E-state index is 0.154. The molecule has 0 radical (unpaired) electrons. The molecule has 0 aliphatic heterocycles. The Hall–Kier alpha value is -1.14. The SMILES string of the molecule is NCC(CCCCCCCCCCCCCCCCCCCCCC(N)=O)NCCCCCCCCCCCCCCCCCCCCCC(N)=O. The molecule has 1 atom stereocenters. The zero-order valence-corrected chi connectivity index (χ0v) is 35.0. The van der Waals surface area contributed by atoms with Gasteiger partial charge in [0.25, 0.3) is 0 Å². The van der Waals surface area contributed by atoms with Crippen LogP contribution in [0.4, 0.5) is 0 Å². The van der Waals surface area contributed by atoms with Gasteiger partial charge in [-0.15, -0.1) is 0 Å².